The fourth-order valence-corrected chi connectivity index (χ4v) is 4.68. The monoisotopic (exact) mass is 435 g/mol. The van der Waals surface area contributed by atoms with Gasteiger partial charge in [-0.25, -0.2) is 0 Å². The molecule has 2 heterocycles. The molecule has 0 saturated heterocycles. The molecule has 0 saturated carbocycles. The predicted molar refractivity (Wildman–Crippen MR) is 126 cm³/mol. The second-order valence-electron chi connectivity index (χ2n) is 9.14. The standard InChI is InChI=1S/C25H29N3O2S/c1-16(2)13-21(25(3,4)23(29)27-24-28-26-15-31-24)18-7-5-17(6-8-18)19-9-10-22-20(14-19)11-12-30-22/h5-10,14-16,21H,11-13H2,1-4H3,(H,27,28,29). The third-order valence-electron chi connectivity index (χ3n) is 6.08. The van der Waals surface area contributed by atoms with Crippen LogP contribution < -0.4 is 10.1 Å². The van der Waals surface area contributed by atoms with Gasteiger partial charge < -0.3 is 10.1 Å². The summed E-state index contributed by atoms with van der Waals surface area (Å²) in [5.41, 5.74) is 5.86. The molecule has 1 atom stereocenters. The highest BCUT2D eigenvalue weighted by Crippen LogP contribution is 2.42. The summed E-state index contributed by atoms with van der Waals surface area (Å²) in [6, 6.07) is 15.1. The lowest BCUT2D eigenvalue weighted by Crippen LogP contribution is -2.37. The Labute approximate surface area is 187 Å². The zero-order valence-electron chi connectivity index (χ0n) is 18.5. The van der Waals surface area contributed by atoms with Crippen LogP contribution in [0.3, 0.4) is 0 Å². The van der Waals surface area contributed by atoms with Gasteiger partial charge in [0.2, 0.25) is 11.0 Å². The SMILES string of the molecule is CC(C)CC(c1ccc(-c2ccc3c(c2)CCO3)cc1)C(C)(C)C(=O)Nc1nncs1. The molecule has 3 aromatic rings. The average Bonchev–Trinajstić information content (AvgIpc) is 3.43. The van der Waals surface area contributed by atoms with Crippen molar-refractivity contribution in [1.29, 1.82) is 0 Å². The molecule has 1 unspecified atom stereocenters. The van der Waals surface area contributed by atoms with E-state index >= 15 is 0 Å². The van der Waals surface area contributed by atoms with E-state index < -0.39 is 5.41 Å². The zero-order chi connectivity index (χ0) is 22.0. The summed E-state index contributed by atoms with van der Waals surface area (Å²) in [6.45, 7) is 9.21. The lowest BCUT2D eigenvalue weighted by molar-refractivity contribution is -0.125. The molecule has 1 N–H and O–H groups in total. The number of carbonyl (C=O) groups is 1. The van der Waals surface area contributed by atoms with E-state index in [2.05, 4.69) is 71.8 Å². The summed E-state index contributed by atoms with van der Waals surface area (Å²) in [5, 5.41) is 11.3. The van der Waals surface area contributed by atoms with Crippen molar-refractivity contribution in [3.05, 3.63) is 59.1 Å². The number of aromatic nitrogens is 2. The molecule has 31 heavy (non-hydrogen) atoms. The number of amides is 1. The molecule has 6 heteroatoms. The lowest BCUT2D eigenvalue weighted by Gasteiger charge is -2.34. The number of ether oxygens (including phenoxy) is 1. The molecule has 5 nitrogen and oxygen atoms in total. The number of nitrogens with zero attached hydrogens (tertiary/aromatic N) is 2. The quantitative estimate of drug-likeness (QED) is 0.499. The lowest BCUT2D eigenvalue weighted by atomic mass is 9.70. The van der Waals surface area contributed by atoms with E-state index in [1.165, 1.54) is 33.6 Å². The third kappa shape index (κ3) is 4.64. The van der Waals surface area contributed by atoms with Crippen LogP contribution in [0.4, 0.5) is 5.13 Å². The van der Waals surface area contributed by atoms with Crippen LogP contribution in [-0.2, 0) is 11.2 Å². The number of nitrogens with one attached hydrogen (secondary N) is 1. The number of anilines is 1. The van der Waals surface area contributed by atoms with Gasteiger partial charge in [-0.15, -0.1) is 10.2 Å². The molecular weight excluding hydrogens is 406 g/mol. The highest BCUT2D eigenvalue weighted by molar-refractivity contribution is 7.13. The normalized spacial score (nSPS) is 14.2. The van der Waals surface area contributed by atoms with Crippen molar-refractivity contribution in [1.82, 2.24) is 10.2 Å². The van der Waals surface area contributed by atoms with Gasteiger partial charge in [0.15, 0.2) is 0 Å². The Balaban J connectivity index is 1.59. The Hall–Kier alpha value is -2.73. The maximum Gasteiger partial charge on any atom is 0.232 e. The van der Waals surface area contributed by atoms with Gasteiger partial charge in [0, 0.05) is 6.42 Å². The Morgan fingerprint density at radius 3 is 2.58 bits per heavy atom. The van der Waals surface area contributed by atoms with Gasteiger partial charge >= 0.3 is 0 Å². The first-order valence-corrected chi connectivity index (χ1v) is 11.7. The molecule has 1 aliphatic heterocycles. The van der Waals surface area contributed by atoms with Crippen molar-refractivity contribution in [3.8, 4) is 16.9 Å². The van der Waals surface area contributed by atoms with Gasteiger partial charge in [0.05, 0.1) is 12.0 Å². The summed E-state index contributed by atoms with van der Waals surface area (Å²) in [7, 11) is 0. The van der Waals surface area contributed by atoms with E-state index in [1.54, 1.807) is 5.51 Å². The Kier molecular flexibility index (Phi) is 6.10. The number of rotatable bonds is 7. The number of hydrogen-bond acceptors (Lipinski definition) is 5. The first-order valence-electron chi connectivity index (χ1n) is 10.8. The Morgan fingerprint density at radius 2 is 1.90 bits per heavy atom. The van der Waals surface area contributed by atoms with Gasteiger partial charge in [-0.05, 0) is 52.6 Å². The van der Waals surface area contributed by atoms with Gasteiger partial charge in [0.25, 0.3) is 0 Å². The minimum Gasteiger partial charge on any atom is -0.493 e. The molecule has 0 radical (unpaired) electrons. The molecule has 162 valence electrons. The van der Waals surface area contributed by atoms with Crippen LogP contribution in [0, 0.1) is 11.3 Å². The molecular formula is C25H29N3O2S. The largest absolute Gasteiger partial charge is 0.493 e. The number of fused-ring (bicyclic) bond motifs is 1. The number of benzene rings is 2. The Bertz CT molecular complexity index is 1040. The number of hydrogen-bond donors (Lipinski definition) is 1. The minimum atomic E-state index is -0.595. The molecule has 1 aromatic heterocycles. The van der Waals surface area contributed by atoms with Gasteiger partial charge in [-0.1, -0.05) is 69.4 Å². The minimum absolute atomic E-state index is 0.0300. The summed E-state index contributed by atoms with van der Waals surface area (Å²) in [5.74, 6) is 1.52. The fraction of sp³-hybridized carbons (Fsp3) is 0.400. The molecule has 0 aliphatic carbocycles. The van der Waals surface area contributed by atoms with Crippen LogP contribution >= 0.6 is 11.3 Å². The fourth-order valence-electron chi connectivity index (χ4n) is 4.24. The molecule has 2 aromatic carbocycles. The average molecular weight is 436 g/mol. The van der Waals surface area contributed by atoms with Crippen LogP contribution in [0.25, 0.3) is 11.1 Å². The van der Waals surface area contributed by atoms with E-state index in [9.17, 15) is 4.79 Å². The highest BCUT2D eigenvalue weighted by Gasteiger charge is 2.38. The van der Waals surface area contributed by atoms with Crippen molar-refractivity contribution in [2.24, 2.45) is 11.3 Å². The smallest absolute Gasteiger partial charge is 0.232 e. The van der Waals surface area contributed by atoms with Crippen molar-refractivity contribution in [2.45, 2.75) is 46.5 Å². The second-order valence-corrected chi connectivity index (χ2v) is 9.98. The molecule has 4 rings (SSSR count). The van der Waals surface area contributed by atoms with E-state index in [0.29, 0.717) is 11.0 Å². The zero-order valence-corrected chi connectivity index (χ0v) is 19.3. The van der Waals surface area contributed by atoms with Crippen molar-refractivity contribution < 1.29 is 9.53 Å². The summed E-state index contributed by atoms with van der Waals surface area (Å²) < 4.78 is 5.63. The van der Waals surface area contributed by atoms with Crippen LogP contribution in [0.5, 0.6) is 5.75 Å². The molecule has 1 amide bonds. The van der Waals surface area contributed by atoms with Gasteiger partial charge in [-0.2, -0.15) is 0 Å². The first kappa shape index (κ1) is 21.5. The topological polar surface area (TPSA) is 64.1 Å². The van der Waals surface area contributed by atoms with Crippen LogP contribution in [0.15, 0.2) is 48.0 Å². The highest BCUT2D eigenvalue weighted by atomic mass is 32.1. The second kappa shape index (κ2) is 8.79. The Morgan fingerprint density at radius 1 is 1.16 bits per heavy atom. The molecule has 0 spiro atoms. The molecule has 0 fully saturated rings. The van der Waals surface area contributed by atoms with E-state index in [0.717, 1.165) is 25.2 Å². The van der Waals surface area contributed by atoms with Crippen molar-refractivity contribution in [3.63, 3.8) is 0 Å². The third-order valence-corrected chi connectivity index (χ3v) is 6.69. The van der Waals surface area contributed by atoms with Crippen LogP contribution in [-0.4, -0.2) is 22.7 Å². The number of carbonyl (C=O) groups excluding carboxylic acids is 1. The van der Waals surface area contributed by atoms with Crippen LogP contribution in [0.2, 0.25) is 0 Å². The summed E-state index contributed by atoms with van der Waals surface area (Å²) >= 11 is 1.33. The molecule has 1 aliphatic rings. The van der Waals surface area contributed by atoms with E-state index in [-0.39, 0.29) is 11.8 Å². The maximum absolute atomic E-state index is 13.1. The summed E-state index contributed by atoms with van der Waals surface area (Å²) in [4.78, 5) is 13.1. The van der Waals surface area contributed by atoms with Crippen molar-refractivity contribution >= 4 is 22.4 Å². The molecule has 0 bridgehead atoms. The van der Waals surface area contributed by atoms with Crippen molar-refractivity contribution in [2.75, 3.05) is 11.9 Å². The predicted octanol–water partition coefficient (Wildman–Crippen LogP) is 5.93. The maximum atomic E-state index is 13.1. The van der Waals surface area contributed by atoms with Gasteiger partial charge in [0.1, 0.15) is 11.3 Å². The summed E-state index contributed by atoms with van der Waals surface area (Å²) in [6.07, 6.45) is 1.89. The van der Waals surface area contributed by atoms with E-state index in [1.807, 2.05) is 13.8 Å². The van der Waals surface area contributed by atoms with Gasteiger partial charge in [-0.3, -0.25) is 4.79 Å². The first-order chi connectivity index (χ1) is 14.8. The van der Waals surface area contributed by atoms with E-state index in [4.69, 9.17) is 4.74 Å². The van der Waals surface area contributed by atoms with Crippen LogP contribution in [0.1, 0.15) is 51.2 Å².